The Morgan fingerprint density at radius 3 is 2.03 bits per heavy atom. The van der Waals surface area contributed by atoms with E-state index in [4.69, 9.17) is 10.2 Å². The third kappa shape index (κ3) is 7.77. The number of piperidine rings is 1. The summed E-state index contributed by atoms with van der Waals surface area (Å²) in [6, 6.07) is 4.79. The van der Waals surface area contributed by atoms with Crippen LogP contribution in [0.1, 0.15) is 36.3 Å². The molecule has 1 fully saturated rings. The van der Waals surface area contributed by atoms with Gasteiger partial charge in [0.15, 0.2) is 5.65 Å². The van der Waals surface area contributed by atoms with Gasteiger partial charge in [-0.1, -0.05) is 5.10 Å². The van der Waals surface area contributed by atoms with Gasteiger partial charge in [0.05, 0.1) is 11.1 Å². The van der Waals surface area contributed by atoms with Gasteiger partial charge in [0, 0.05) is 31.8 Å². The second kappa shape index (κ2) is 12.3. The molecule has 5 rings (SSSR count). The summed E-state index contributed by atoms with van der Waals surface area (Å²) in [6.45, 7) is 2.18. The number of hydrogen-bond acceptors (Lipinski definition) is 7. The Morgan fingerprint density at radius 1 is 0.923 bits per heavy atom. The van der Waals surface area contributed by atoms with Gasteiger partial charge in [-0.15, -0.1) is 10.2 Å². The van der Waals surface area contributed by atoms with Crippen molar-refractivity contribution in [2.45, 2.75) is 38.5 Å². The first-order chi connectivity index (χ1) is 18.3. The van der Waals surface area contributed by atoms with E-state index < -0.39 is 30.4 Å². The van der Waals surface area contributed by atoms with Crippen LogP contribution in [-0.2, 0) is 12.4 Å². The molecule has 4 aromatic rings. The normalized spacial score (nSPS) is 13.9. The van der Waals surface area contributed by atoms with Crippen molar-refractivity contribution in [3.05, 3.63) is 53.5 Å². The van der Waals surface area contributed by atoms with E-state index in [0.29, 0.717) is 24.0 Å². The van der Waals surface area contributed by atoms with E-state index in [1.54, 1.807) is 0 Å². The molecule has 0 amide bonds. The van der Waals surface area contributed by atoms with Crippen LogP contribution < -0.4 is 10.6 Å². The number of nitrogens with zero attached hydrogens (tertiary/aromatic N) is 6. The molecule has 0 saturated carbocycles. The summed E-state index contributed by atoms with van der Waals surface area (Å²) in [5.74, 6) is 0.501. The molecule has 2 N–H and O–H groups in total. The van der Waals surface area contributed by atoms with Gasteiger partial charge < -0.3 is 15.1 Å². The number of pyridine rings is 1. The lowest BCUT2D eigenvalue weighted by Gasteiger charge is -2.23. The fourth-order valence-corrected chi connectivity index (χ4v) is 3.76. The smallest absolute Gasteiger partial charge is 0.408 e. The molecule has 1 aliphatic rings. The van der Waals surface area contributed by atoms with E-state index in [1.807, 2.05) is 6.92 Å². The van der Waals surface area contributed by atoms with Crippen molar-refractivity contribution in [3.63, 3.8) is 0 Å². The van der Waals surface area contributed by atoms with Gasteiger partial charge in [0.2, 0.25) is 18.8 Å². The number of hydrogen-bond donors (Lipinski definition) is 1. The van der Waals surface area contributed by atoms with Crippen LogP contribution in [0.25, 0.3) is 16.8 Å². The molecule has 8 nitrogen and oxygen atoms in total. The van der Waals surface area contributed by atoms with E-state index in [0.717, 1.165) is 13.1 Å². The molecular formula is C23H23F8N7O. The fourth-order valence-electron chi connectivity index (χ4n) is 3.76. The number of fused-ring (bicyclic) bond motifs is 1. The van der Waals surface area contributed by atoms with Crippen LogP contribution in [0.3, 0.4) is 0 Å². The topological polar surface area (TPSA) is 98.4 Å². The maximum absolute atomic E-state index is 12.9. The van der Waals surface area contributed by atoms with Crippen molar-refractivity contribution in [3.8, 4) is 11.1 Å². The van der Waals surface area contributed by atoms with Crippen molar-refractivity contribution in [2.75, 3.05) is 30.7 Å². The molecule has 16 heteroatoms. The van der Waals surface area contributed by atoms with Crippen LogP contribution in [0.4, 0.5) is 47.1 Å². The van der Waals surface area contributed by atoms with E-state index in [2.05, 4.69) is 25.2 Å². The minimum Gasteiger partial charge on any atom is -0.408 e. The summed E-state index contributed by atoms with van der Waals surface area (Å²) in [6.07, 6.45) is -4.62. The summed E-state index contributed by atoms with van der Waals surface area (Å²) in [5.41, 5.74) is 2.46. The maximum atomic E-state index is 12.9. The average Bonchev–Trinajstić information content (AvgIpc) is 3.48. The number of alkyl halides is 8. The highest BCUT2D eigenvalue weighted by molar-refractivity contribution is 5.78. The summed E-state index contributed by atoms with van der Waals surface area (Å²) < 4.78 is 103. The number of halogens is 8. The Kier molecular flexibility index (Phi) is 9.29. The van der Waals surface area contributed by atoms with Gasteiger partial charge >= 0.3 is 18.4 Å². The lowest BCUT2D eigenvalue weighted by atomic mass is 10.00. The summed E-state index contributed by atoms with van der Waals surface area (Å²) in [4.78, 5) is 6.00. The Morgan fingerprint density at radius 2 is 1.51 bits per heavy atom. The van der Waals surface area contributed by atoms with Crippen molar-refractivity contribution in [1.29, 1.82) is 0 Å². The molecule has 39 heavy (non-hydrogen) atoms. The predicted molar refractivity (Wildman–Crippen MR) is 125 cm³/mol. The monoisotopic (exact) mass is 565 g/mol. The molecule has 0 radical (unpaired) electrons. The fraction of sp³-hybridized carbons (Fsp3) is 0.391. The SMILES string of the molecule is Cc1nnc(N2CCCCC2)o1.FCF.Nc1nc2c(-c3cc(C(F)(F)F)cc(C(F)(F)F)c3)cccn2n1. The van der Waals surface area contributed by atoms with Gasteiger partial charge in [-0.2, -0.15) is 31.3 Å². The van der Waals surface area contributed by atoms with Crippen molar-refractivity contribution >= 4 is 17.6 Å². The number of aromatic nitrogens is 5. The van der Waals surface area contributed by atoms with Crippen LogP contribution in [0.2, 0.25) is 0 Å². The molecule has 212 valence electrons. The molecule has 4 heterocycles. The minimum absolute atomic E-state index is 0.0540. The zero-order chi connectivity index (χ0) is 28.8. The third-order valence-electron chi connectivity index (χ3n) is 5.42. The van der Waals surface area contributed by atoms with Crippen LogP contribution in [0.15, 0.2) is 40.9 Å². The van der Waals surface area contributed by atoms with Crippen molar-refractivity contribution in [1.82, 2.24) is 24.8 Å². The molecule has 0 unspecified atom stereocenters. The first-order valence-electron chi connectivity index (χ1n) is 11.4. The molecule has 0 bridgehead atoms. The Bertz CT molecular complexity index is 1330. The van der Waals surface area contributed by atoms with Gasteiger partial charge in [0.1, 0.15) is 0 Å². The Hall–Kier alpha value is -3.98. The molecule has 0 aliphatic carbocycles. The van der Waals surface area contributed by atoms with Gasteiger partial charge in [-0.25, -0.2) is 13.3 Å². The van der Waals surface area contributed by atoms with Crippen molar-refractivity contribution in [2.24, 2.45) is 0 Å². The molecule has 1 saturated heterocycles. The minimum atomic E-state index is -4.92. The Balaban J connectivity index is 0.000000233. The molecular weight excluding hydrogens is 542 g/mol. The molecule has 1 aliphatic heterocycles. The first-order valence-corrected chi connectivity index (χ1v) is 11.4. The second-order valence-corrected chi connectivity index (χ2v) is 8.21. The van der Waals surface area contributed by atoms with Crippen LogP contribution in [0.5, 0.6) is 0 Å². The van der Waals surface area contributed by atoms with Crippen LogP contribution in [0, 0.1) is 6.92 Å². The van der Waals surface area contributed by atoms with Crippen LogP contribution >= 0.6 is 0 Å². The number of benzene rings is 1. The number of anilines is 2. The number of rotatable bonds is 2. The maximum Gasteiger partial charge on any atom is 0.416 e. The molecule has 3 aromatic heterocycles. The standard InChI is InChI=1S/C14H8F6N4.C8H13N3O.CH2F2/c15-13(16,17)8-4-7(5-9(6-8)14(18,19)20)10-2-1-3-24-11(10)22-12(21)23-24;1-7-9-10-8(12-7)11-5-3-2-4-6-11;2-1-3/h1-6H,(H2,21,23);2-6H2,1H3;1H2. The largest absolute Gasteiger partial charge is 0.416 e. The molecule has 0 atom stereocenters. The summed E-state index contributed by atoms with van der Waals surface area (Å²) >= 11 is 0. The van der Waals surface area contributed by atoms with Crippen LogP contribution in [-0.4, -0.2) is 44.8 Å². The highest BCUT2D eigenvalue weighted by Gasteiger charge is 2.37. The van der Waals surface area contributed by atoms with Gasteiger partial charge in [-0.3, -0.25) is 0 Å². The lowest BCUT2D eigenvalue weighted by molar-refractivity contribution is -0.143. The third-order valence-corrected chi connectivity index (χ3v) is 5.42. The quantitative estimate of drug-likeness (QED) is 0.286. The zero-order valence-corrected chi connectivity index (χ0v) is 20.4. The number of nitrogens with two attached hydrogens (primary N) is 1. The Labute approximate surface area is 216 Å². The van der Waals surface area contributed by atoms with Crippen molar-refractivity contribution < 1.29 is 39.5 Å². The number of aryl methyl sites for hydroxylation is 1. The highest BCUT2D eigenvalue weighted by Crippen LogP contribution is 2.39. The van der Waals surface area contributed by atoms with Gasteiger partial charge in [-0.05, 0) is 55.2 Å². The average molecular weight is 565 g/mol. The first kappa shape index (κ1) is 29.6. The molecule has 0 spiro atoms. The van der Waals surface area contributed by atoms with E-state index in [9.17, 15) is 35.1 Å². The van der Waals surface area contributed by atoms with Gasteiger partial charge in [0.25, 0.3) is 0 Å². The zero-order valence-electron chi connectivity index (χ0n) is 20.4. The molecule has 1 aromatic carbocycles. The summed E-state index contributed by atoms with van der Waals surface area (Å²) in [7, 11) is 0. The highest BCUT2D eigenvalue weighted by atomic mass is 19.4. The number of nitrogen functional groups attached to an aromatic ring is 1. The predicted octanol–water partition coefficient (Wildman–Crippen LogP) is 6.27. The summed E-state index contributed by atoms with van der Waals surface area (Å²) in [5, 5.41) is 11.6. The van der Waals surface area contributed by atoms with E-state index in [-0.39, 0.29) is 28.8 Å². The van der Waals surface area contributed by atoms with E-state index >= 15 is 0 Å². The lowest BCUT2D eigenvalue weighted by Crippen LogP contribution is -2.29. The second-order valence-electron chi connectivity index (χ2n) is 8.21. The van der Waals surface area contributed by atoms with E-state index in [1.165, 1.54) is 42.1 Å².